The van der Waals surface area contributed by atoms with Crippen molar-refractivity contribution in [2.24, 2.45) is 0 Å². The molecule has 0 unspecified atom stereocenters. The fraction of sp³-hybridized carbons (Fsp3) is 0.0294. The Morgan fingerprint density at radius 2 is 1.27 bits per heavy atom. The van der Waals surface area contributed by atoms with E-state index in [2.05, 4.69) is 11.1 Å². The minimum atomic E-state index is -0.881. The van der Waals surface area contributed by atoms with E-state index < -0.39 is 23.0 Å². The SMILES string of the molecule is Bc1c(O)c(O)c(O)c(O)c1-c1nc(-c2ccc3c(c2)oc2ccc(C)cc23)nc(-c2cccc3oc4ccccc4c23)n1. The van der Waals surface area contributed by atoms with Crippen molar-refractivity contribution >= 4 is 57.2 Å². The van der Waals surface area contributed by atoms with Crippen molar-refractivity contribution in [1.82, 2.24) is 15.0 Å². The quantitative estimate of drug-likeness (QED) is 0.111. The Bertz CT molecular complexity index is 2450. The summed E-state index contributed by atoms with van der Waals surface area (Å²) in [7, 11) is 1.49. The molecule has 0 amide bonds. The van der Waals surface area contributed by atoms with Crippen molar-refractivity contribution in [3.63, 3.8) is 0 Å². The molecule has 0 radical (unpaired) electrons. The van der Waals surface area contributed by atoms with Crippen LogP contribution in [-0.2, 0) is 0 Å². The van der Waals surface area contributed by atoms with Crippen molar-refractivity contribution in [3.05, 3.63) is 84.4 Å². The molecule has 0 aliphatic heterocycles. The molecule has 0 aliphatic rings. The first-order chi connectivity index (χ1) is 21.3. The average molecular weight is 579 g/mol. The van der Waals surface area contributed by atoms with E-state index in [4.69, 9.17) is 18.8 Å². The third-order valence-corrected chi connectivity index (χ3v) is 8.03. The maximum Gasteiger partial charge on any atom is 0.205 e. The Morgan fingerprint density at radius 3 is 2.14 bits per heavy atom. The molecule has 4 N–H and O–H groups in total. The molecule has 0 spiro atoms. The number of benzene rings is 5. The van der Waals surface area contributed by atoms with Crippen molar-refractivity contribution in [2.75, 3.05) is 0 Å². The molecule has 8 aromatic rings. The van der Waals surface area contributed by atoms with E-state index in [1.165, 1.54) is 7.85 Å². The molecule has 3 heterocycles. The lowest BCUT2D eigenvalue weighted by Crippen LogP contribution is -2.11. The van der Waals surface area contributed by atoms with Crippen LogP contribution in [0, 0.1) is 6.92 Å². The van der Waals surface area contributed by atoms with Crippen LogP contribution in [0.5, 0.6) is 23.0 Å². The number of aryl methyl sites for hydroxylation is 1. The Hall–Kier alpha value is -6.03. The van der Waals surface area contributed by atoms with Crippen LogP contribution < -0.4 is 5.46 Å². The third kappa shape index (κ3) is 3.71. The molecule has 0 atom stereocenters. The normalized spacial score (nSPS) is 11.8. The zero-order valence-corrected chi connectivity index (χ0v) is 23.5. The van der Waals surface area contributed by atoms with Crippen molar-refractivity contribution in [1.29, 1.82) is 0 Å². The summed E-state index contributed by atoms with van der Waals surface area (Å²) in [5.41, 5.74) is 5.17. The predicted octanol–water partition coefficient (Wildman–Crippen LogP) is 6.06. The molecule has 44 heavy (non-hydrogen) atoms. The van der Waals surface area contributed by atoms with E-state index in [-0.39, 0.29) is 28.5 Å². The van der Waals surface area contributed by atoms with E-state index in [1.807, 2.05) is 79.7 Å². The number of furan rings is 2. The van der Waals surface area contributed by atoms with Gasteiger partial charge in [-0.1, -0.05) is 48.0 Å². The molecule has 3 aromatic heterocycles. The number of fused-ring (bicyclic) bond motifs is 6. The number of para-hydroxylation sites is 1. The monoisotopic (exact) mass is 579 g/mol. The van der Waals surface area contributed by atoms with Crippen LogP contribution in [0.1, 0.15) is 5.56 Å². The second-order valence-corrected chi connectivity index (χ2v) is 10.8. The number of aromatic nitrogens is 3. The lowest BCUT2D eigenvalue weighted by molar-refractivity contribution is 0.348. The second kappa shape index (κ2) is 9.24. The molecule has 0 aliphatic carbocycles. The molecular formula is C34H22BN3O6. The van der Waals surface area contributed by atoms with Crippen molar-refractivity contribution in [2.45, 2.75) is 6.92 Å². The van der Waals surface area contributed by atoms with E-state index in [9.17, 15) is 20.4 Å². The van der Waals surface area contributed by atoms with Gasteiger partial charge in [0, 0.05) is 32.7 Å². The molecule has 5 aromatic carbocycles. The zero-order chi connectivity index (χ0) is 30.3. The summed E-state index contributed by atoms with van der Waals surface area (Å²) >= 11 is 0. The first-order valence-electron chi connectivity index (χ1n) is 13.8. The average Bonchev–Trinajstić information content (AvgIpc) is 3.60. The van der Waals surface area contributed by atoms with Gasteiger partial charge in [0.1, 0.15) is 30.2 Å². The van der Waals surface area contributed by atoms with Gasteiger partial charge < -0.3 is 29.3 Å². The van der Waals surface area contributed by atoms with E-state index in [0.717, 1.165) is 32.7 Å². The van der Waals surface area contributed by atoms with Crippen molar-refractivity contribution in [3.8, 4) is 57.2 Å². The van der Waals surface area contributed by atoms with Gasteiger partial charge in [0.2, 0.25) is 11.5 Å². The number of hydrogen-bond donors (Lipinski definition) is 4. The number of hydrogen-bond acceptors (Lipinski definition) is 9. The van der Waals surface area contributed by atoms with Gasteiger partial charge >= 0.3 is 0 Å². The molecule has 0 fully saturated rings. The molecule has 9 nitrogen and oxygen atoms in total. The van der Waals surface area contributed by atoms with E-state index in [1.54, 1.807) is 0 Å². The summed E-state index contributed by atoms with van der Waals surface area (Å²) in [6.07, 6.45) is 0. The van der Waals surface area contributed by atoms with Gasteiger partial charge in [-0.05, 0) is 48.8 Å². The first-order valence-corrected chi connectivity index (χ1v) is 13.8. The highest BCUT2D eigenvalue weighted by atomic mass is 16.3. The highest BCUT2D eigenvalue weighted by Gasteiger charge is 2.26. The smallest absolute Gasteiger partial charge is 0.205 e. The number of rotatable bonds is 3. The van der Waals surface area contributed by atoms with Crippen LogP contribution in [0.4, 0.5) is 0 Å². The maximum atomic E-state index is 10.9. The third-order valence-electron chi connectivity index (χ3n) is 8.03. The Kier molecular flexibility index (Phi) is 5.39. The van der Waals surface area contributed by atoms with Crippen LogP contribution in [-0.4, -0.2) is 43.2 Å². The number of phenolic OH excluding ortho intramolecular Hbond substituents is 4. The summed E-state index contributed by atoms with van der Waals surface area (Å²) in [5, 5.41) is 45.6. The fourth-order valence-electron chi connectivity index (χ4n) is 5.82. The zero-order valence-electron chi connectivity index (χ0n) is 23.5. The van der Waals surface area contributed by atoms with Crippen LogP contribution in [0.2, 0.25) is 0 Å². The first kappa shape index (κ1) is 25.7. The van der Waals surface area contributed by atoms with Crippen LogP contribution in [0.25, 0.3) is 78.0 Å². The van der Waals surface area contributed by atoms with Gasteiger partial charge in [0.25, 0.3) is 0 Å². The lowest BCUT2D eigenvalue weighted by Gasteiger charge is -2.14. The number of nitrogens with zero attached hydrogens (tertiary/aromatic N) is 3. The largest absolute Gasteiger partial charge is 0.505 e. The standard InChI is InChI=1S/C34H22BN3O6/c1-15-9-12-22-20(13-15)17-11-10-16(14-24(17)44-22)32-36-33(19-6-4-8-23-25(19)18-5-2-3-7-21(18)43-23)38-34(37-32)26-27(35)29(40)31(42)30(41)28(26)39/h2-14,39-42H,35H2,1H3. The summed E-state index contributed by atoms with van der Waals surface area (Å²) < 4.78 is 12.3. The molecule has 10 heteroatoms. The highest BCUT2D eigenvalue weighted by Crippen LogP contribution is 2.46. The van der Waals surface area contributed by atoms with Gasteiger partial charge in [-0.2, -0.15) is 0 Å². The molecular weight excluding hydrogens is 557 g/mol. The van der Waals surface area contributed by atoms with Gasteiger partial charge in [-0.25, -0.2) is 15.0 Å². The second-order valence-electron chi connectivity index (χ2n) is 10.8. The van der Waals surface area contributed by atoms with Gasteiger partial charge in [-0.15, -0.1) is 0 Å². The predicted molar refractivity (Wildman–Crippen MR) is 170 cm³/mol. The summed E-state index contributed by atoms with van der Waals surface area (Å²) in [5.74, 6) is -2.47. The Morgan fingerprint density at radius 1 is 0.568 bits per heavy atom. The molecule has 8 rings (SSSR count). The van der Waals surface area contributed by atoms with Crippen LogP contribution in [0.3, 0.4) is 0 Å². The van der Waals surface area contributed by atoms with Gasteiger partial charge in [0.05, 0.1) is 5.56 Å². The minimum Gasteiger partial charge on any atom is -0.505 e. The number of aromatic hydroxyl groups is 4. The summed E-state index contributed by atoms with van der Waals surface area (Å²) in [4.78, 5) is 14.3. The maximum absolute atomic E-state index is 10.9. The number of phenols is 4. The minimum absolute atomic E-state index is 0.0178. The van der Waals surface area contributed by atoms with Gasteiger partial charge in [-0.3, -0.25) is 0 Å². The summed E-state index contributed by atoms with van der Waals surface area (Å²) in [6.45, 7) is 2.03. The van der Waals surface area contributed by atoms with Crippen molar-refractivity contribution < 1.29 is 29.3 Å². The van der Waals surface area contributed by atoms with Crippen LogP contribution in [0.15, 0.2) is 87.7 Å². The summed E-state index contributed by atoms with van der Waals surface area (Å²) in [6, 6.07) is 24.9. The topological polar surface area (TPSA) is 146 Å². The Balaban J connectivity index is 1.43. The van der Waals surface area contributed by atoms with Crippen LogP contribution >= 0.6 is 0 Å². The molecule has 0 bridgehead atoms. The Labute approximate surface area is 249 Å². The van der Waals surface area contributed by atoms with E-state index in [0.29, 0.717) is 27.9 Å². The molecule has 212 valence electrons. The van der Waals surface area contributed by atoms with Gasteiger partial charge in [0.15, 0.2) is 29.0 Å². The lowest BCUT2D eigenvalue weighted by atomic mass is 9.87. The fourth-order valence-corrected chi connectivity index (χ4v) is 5.82. The van der Waals surface area contributed by atoms with E-state index >= 15 is 0 Å². The molecule has 0 saturated carbocycles. The highest BCUT2D eigenvalue weighted by molar-refractivity contribution is 6.38. The molecule has 0 saturated heterocycles.